The van der Waals surface area contributed by atoms with Gasteiger partial charge < -0.3 is 9.47 Å². The molecule has 3 heteroatoms. The minimum absolute atomic E-state index is 0.0579. The van der Waals surface area contributed by atoms with Crippen LogP contribution in [0.15, 0.2) is 0 Å². The molecular formula is C11H20O3. The summed E-state index contributed by atoms with van der Waals surface area (Å²) in [4.78, 5) is 11.0. The van der Waals surface area contributed by atoms with E-state index in [0.717, 1.165) is 0 Å². The molecule has 1 aliphatic carbocycles. The monoisotopic (exact) mass is 200 g/mol. The predicted octanol–water partition coefficient (Wildman–Crippen LogP) is 2.00. The molecule has 1 fully saturated rings. The van der Waals surface area contributed by atoms with Crippen molar-refractivity contribution in [3.05, 3.63) is 0 Å². The van der Waals surface area contributed by atoms with Crippen LogP contribution in [-0.2, 0) is 14.3 Å². The highest BCUT2D eigenvalue weighted by Crippen LogP contribution is 2.56. The zero-order valence-corrected chi connectivity index (χ0v) is 9.88. The Kier molecular flexibility index (Phi) is 2.65. The first-order chi connectivity index (χ1) is 6.24. The minimum atomic E-state index is -0.217. The van der Waals surface area contributed by atoms with E-state index in [4.69, 9.17) is 9.47 Å². The lowest BCUT2D eigenvalue weighted by molar-refractivity contribution is -0.266. The van der Waals surface area contributed by atoms with Crippen molar-refractivity contribution in [1.29, 1.82) is 0 Å². The molecule has 0 aromatic rings. The Balaban J connectivity index is 2.82. The summed E-state index contributed by atoms with van der Waals surface area (Å²) < 4.78 is 10.8. The van der Waals surface area contributed by atoms with Crippen LogP contribution in [0.5, 0.6) is 0 Å². The fourth-order valence-electron chi connectivity index (χ4n) is 3.17. The molecule has 0 aromatic heterocycles. The molecule has 1 saturated carbocycles. The van der Waals surface area contributed by atoms with Gasteiger partial charge in [-0.3, -0.25) is 4.79 Å². The van der Waals surface area contributed by atoms with Crippen LogP contribution in [0.25, 0.3) is 0 Å². The highest BCUT2D eigenvalue weighted by atomic mass is 16.6. The second-order valence-electron chi connectivity index (χ2n) is 5.25. The first-order valence-electron chi connectivity index (χ1n) is 4.94. The van der Waals surface area contributed by atoms with E-state index in [2.05, 4.69) is 27.7 Å². The number of methoxy groups -OCH3 is 1. The molecule has 0 heterocycles. The zero-order valence-electron chi connectivity index (χ0n) is 9.88. The summed E-state index contributed by atoms with van der Waals surface area (Å²) in [5.41, 5.74) is -0.187. The Labute approximate surface area is 85.8 Å². The molecule has 0 unspecified atom stereocenters. The third-order valence-electron chi connectivity index (χ3n) is 3.22. The van der Waals surface area contributed by atoms with Crippen LogP contribution in [-0.4, -0.2) is 25.3 Å². The second kappa shape index (κ2) is 3.23. The van der Waals surface area contributed by atoms with E-state index >= 15 is 0 Å². The maximum atomic E-state index is 11.0. The third kappa shape index (κ3) is 1.44. The summed E-state index contributed by atoms with van der Waals surface area (Å²) in [6.07, 6.45) is 0.0804. The van der Waals surface area contributed by atoms with Crippen LogP contribution in [0.2, 0.25) is 0 Å². The summed E-state index contributed by atoms with van der Waals surface area (Å²) in [7, 11) is 1.71. The average molecular weight is 200 g/mol. The van der Waals surface area contributed by atoms with Gasteiger partial charge in [-0.15, -0.1) is 0 Å². The van der Waals surface area contributed by atoms with Crippen LogP contribution in [0.3, 0.4) is 0 Å². The number of esters is 1. The second-order valence-corrected chi connectivity index (χ2v) is 5.25. The van der Waals surface area contributed by atoms with Crippen molar-refractivity contribution in [2.24, 2.45) is 10.8 Å². The number of hydrogen-bond acceptors (Lipinski definition) is 3. The highest BCUT2D eigenvalue weighted by molar-refractivity contribution is 5.66. The Morgan fingerprint density at radius 2 is 1.50 bits per heavy atom. The molecule has 3 nitrogen and oxygen atoms in total. The molecular weight excluding hydrogens is 180 g/mol. The Bertz CT molecular complexity index is 227. The maximum Gasteiger partial charge on any atom is 0.302 e. The highest BCUT2D eigenvalue weighted by Gasteiger charge is 2.64. The Morgan fingerprint density at radius 1 is 1.07 bits per heavy atom. The summed E-state index contributed by atoms with van der Waals surface area (Å²) in [6.45, 7) is 9.73. The fraction of sp³-hybridized carbons (Fsp3) is 0.909. The molecule has 0 aliphatic heterocycles. The van der Waals surface area contributed by atoms with Gasteiger partial charge in [-0.2, -0.15) is 0 Å². The SMILES string of the molecule is COC1C(C)(C)C(OC(C)=O)C1(C)C. The van der Waals surface area contributed by atoms with E-state index in [1.807, 2.05) is 0 Å². The number of carbonyl (C=O) groups excluding carboxylic acids is 1. The minimum Gasteiger partial charge on any atom is -0.461 e. The molecule has 0 saturated heterocycles. The number of hydrogen-bond donors (Lipinski definition) is 0. The molecule has 82 valence electrons. The maximum absolute atomic E-state index is 11.0. The molecule has 0 bridgehead atoms. The van der Waals surface area contributed by atoms with Crippen LogP contribution >= 0.6 is 0 Å². The van der Waals surface area contributed by atoms with Crippen molar-refractivity contribution in [2.45, 2.75) is 46.8 Å². The summed E-state index contributed by atoms with van der Waals surface area (Å²) in [5.74, 6) is -0.217. The molecule has 0 aromatic carbocycles. The first-order valence-corrected chi connectivity index (χ1v) is 4.94. The van der Waals surface area contributed by atoms with Crippen molar-refractivity contribution in [3.63, 3.8) is 0 Å². The fourth-order valence-corrected chi connectivity index (χ4v) is 3.17. The lowest BCUT2D eigenvalue weighted by Crippen LogP contribution is -2.69. The van der Waals surface area contributed by atoms with Crippen molar-refractivity contribution in [2.75, 3.05) is 7.11 Å². The van der Waals surface area contributed by atoms with E-state index in [0.29, 0.717) is 0 Å². The van der Waals surface area contributed by atoms with Gasteiger partial charge in [0.15, 0.2) is 0 Å². The Hall–Kier alpha value is -0.570. The lowest BCUT2D eigenvalue weighted by atomic mass is 9.51. The van der Waals surface area contributed by atoms with Crippen LogP contribution in [0.1, 0.15) is 34.6 Å². The Morgan fingerprint density at radius 3 is 1.79 bits per heavy atom. The van der Waals surface area contributed by atoms with Gasteiger partial charge in [-0.25, -0.2) is 0 Å². The summed E-state index contributed by atoms with van der Waals surface area (Å²) in [6, 6.07) is 0. The van der Waals surface area contributed by atoms with Crippen LogP contribution in [0.4, 0.5) is 0 Å². The van der Waals surface area contributed by atoms with Crippen LogP contribution < -0.4 is 0 Å². The molecule has 0 atom stereocenters. The molecule has 1 rings (SSSR count). The molecule has 14 heavy (non-hydrogen) atoms. The largest absolute Gasteiger partial charge is 0.461 e. The predicted molar refractivity (Wildman–Crippen MR) is 53.9 cm³/mol. The van der Waals surface area contributed by atoms with Gasteiger partial charge in [0.2, 0.25) is 0 Å². The summed E-state index contributed by atoms with van der Waals surface area (Å²) >= 11 is 0. The van der Waals surface area contributed by atoms with E-state index in [1.165, 1.54) is 6.92 Å². The number of ether oxygens (including phenoxy) is 2. The molecule has 0 radical (unpaired) electrons. The van der Waals surface area contributed by atoms with E-state index < -0.39 is 0 Å². The van der Waals surface area contributed by atoms with Gasteiger partial charge in [0.1, 0.15) is 6.10 Å². The van der Waals surface area contributed by atoms with E-state index in [-0.39, 0.29) is 29.0 Å². The third-order valence-corrected chi connectivity index (χ3v) is 3.22. The molecule has 0 N–H and O–H groups in total. The smallest absolute Gasteiger partial charge is 0.302 e. The molecule has 0 amide bonds. The average Bonchev–Trinajstić information content (AvgIpc) is 1.99. The van der Waals surface area contributed by atoms with Crippen molar-refractivity contribution >= 4 is 5.97 Å². The number of carbonyl (C=O) groups is 1. The normalized spacial score (nSPS) is 33.3. The van der Waals surface area contributed by atoms with Crippen molar-refractivity contribution in [1.82, 2.24) is 0 Å². The zero-order chi connectivity index (χ0) is 11.1. The lowest BCUT2D eigenvalue weighted by Gasteiger charge is -2.61. The first kappa shape index (κ1) is 11.5. The van der Waals surface area contributed by atoms with Gasteiger partial charge in [-0.1, -0.05) is 27.7 Å². The topological polar surface area (TPSA) is 35.5 Å². The van der Waals surface area contributed by atoms with Gasteiger partial charge >= 0.3 is 5.97 Å². The van der Waals surface area contributed by atoms with Gasteiger partial charge in [0.05, 0.1) is 6.10 Å². The van der Waals surface area contributed by atoms with Gasteiger partial charge in [0, 0.05) is 24.9 Å². The van der Waals surface area contributed by atoms with Gasteiger partial charge in [-0.05, 0) is 0 Å². The molecule has 1 aliphatic rings. The van der Waals surface area contributed by atoms with Gasteiger partial charge in [0.25, 0.3) is 0 Å². The van der Waals surface area contributed by atoms with E-state index in [9.17, 15) is 4.79 Å². The van der Waals surface area contributed by atoms with E-state index in [1.54, 1.807) is 7.11 Å². The van der Waals surface area contributed by atoms with Crippen molar-refractivity contribution in [3.8, 4) is 0 Å². The number of rotatable bonds is 2. The van der Waals surface area contributed by atoms with Crippen molar-refractivity contribution < 1.29 is 14.3 Å². The van der Waals surface area contributed by atoms with Crippen LogP contribution in [0, 0.1) is 10.8 Å². The standard InChI is InChI=1S/C11H20O3/c1-7(12)14-9-10(2,3)8(13-6)11(9,4)5/h8-9H,1-6H3. The summed E-state index contributed by atoms with van der Waals surface area (Å²) in [5, 5.41) is 0. The quantitative estimate of drug-likeness (QED) is 0.639. The molecule has 0 spiro atoms.